The molecule has 1 amide bonds. The highest BCUT2D eigenvalue weighted by Gasteiger charge is 2.39. The van der Waals surface area contributed by atoms with Crippen LogP contribution in [0.3, 0.4) is 0 Å². The molecule has 3 nitrogen and oxygen atoms in total. The van der Waals surface area contributed by atoms with Gasteiger partial charge >= 0.3 is 0 Å². The van der Waals surface area contributed by atoms with Crippen LogP contribution in [0.5, 0.6) is 0 Å². The van der Waals surface area contributed by atoms with Gasteiger partial charge in [0.2, 0.25) is 5.91 Å². The molecule has 0 aliphatic carbocycles. The number of amides is 1. The molecule has 1 heterocycles. The highest BCUT2D eigenvalue weighted by atomic mass is 16.2. The Kier molecular flexibility index (Phi) is 4.19. The fourth-order valence-electron chi connectivity index (χ4n) is 3.06. The number of benzene rings is 1. The minimum Gasteiger partial charge on any atom is -0.339 e. The molecular formula is C17H26N2O. The Balaban J connectivity index is 2.18. The van der Waals surface area contributed by atoms with Crippen molar-refractivity contribution in [3.05, 3.63) is 35.4 Å². The van der Waals surface area contributed by atoms with Crippen molar-refractivity contribution in [1.82, 2.24) is 4.90 Å². The predicted molar refractivity (Wildman–Crippen MR) is 82.5 cm³/mol. The van der Waals surface area contributed by atoms with Crippen LogP contribution in [-0.4, -0.2) is 29.9 Å². The van der Waals surface area contributed by atoms with Gasteiger partial charge in [-0.05, 0) is 45.2 Å². The maximum atomic E-state index is 12.6. The largest absolute Gasteiger partial charge is 0.339 e. The van der Waals surface area contributed by atoms with E-state index in [1.807, 2.05) is 18.7 Å². The smallest absolute Gasteiger partial charge is 0.229 e. The molecule has 2 unspecified atom stereocenters. The first-order chi connectivity index (χ1) is 9.36. The van der Waals surface area contributed by atoms with E-state index in [4.69, 9.17) is 5.73 Å². The first-order valence-corrected chi connectivity index (χ1v) is 7.43. The zero-order valence-corrected chi connectivity index (χ0v) is 13.0. The standard InChI is InChI=1S/C17H26N2O/c1-12-7-5-6-8-15(12)14-9-13(2)19(10-14)16(20)17(3,4)11-18/h5-8,13-14H,9-11,18H2,1-4H3. The van der Waals surface area contributed by atoms with Crippen molar-refractivity contribution in [2.45, 2.75) is 46.1 Å². The fourth-order valence-corrected chi connectivity index (χ4v) is 3.06. The number of nitrogens with zero attached hydrogens (tertiary/aromatic N) is 1. The van der Waals surface area contributed by atoms with Crippen molar-refractivity contribution >= 4 is 5.91 Å². The summed E-state index contributed by atoms with van der Waals surface area (Å²) in [6, 6.07) is 8.78. The Labute approximate surface area is 122 Å². The Morgan fingerprint density at radius 1 is 1.40 bits per heavy atom. The number of carbonyl (C=O) groups is 1. The Hall–Kier alpha value is -1.35. The summed E-state index contributed by atoms with van der Waals surface area (Å²) in [6.45, 7) is 9.36. The molecule has 1 fully saturated rings. The average Bonchev–Trinajstić information content (AvgIpc) is 2.80. The van der Waals surface area contributed by atoms with Crippen LogP contribution in [0.1, 0.15) is 44.2 Å². The van der Waals surface area contributed by atoms with Gasteiger partial charge in [-0.2, -0.15) is 0 Å². The maximum absolute atomic E-state index is 12.6. The van der Waals surface area contributed by atoms with Crippen LogP contribution in [0.2, 0.25) is 0 Å². The van der Waals surface area contributed by atoms with E-state index in [-0.39, 0.29) is 11.9 Å². The molecule has 1 aromatic carbocycles. The molecule has 110 valence electrons. The van der Waals surface area contributed by atoms with Crippen LogP contribution in [-0.2, 0) is 4.79 Å². The minimum absolute atomic E-state index is 0.184. The average molecular weight is 274 g/mol. The van der Waals surface area contributed by atoms with E-state index in [9.17, 15) is 4.79 Å². The summed E-state index contributed by atoms with van der Waals surface area (Å²) in [5.74, 6) is 0.632. The van der Waals surface area contributed by atoms with Crippen LogP contribution in [0.4, 0.5) is 0 Å². The lowest BCUT2D eigenvalue weighted by atomic mass is 9.91. The molecule has 0 saturated carbocycles. The predicted octanol–water partition coefficient (Wildman–Crippen LogP) is 2.68. The van der Waals surface area contributed by atoms with Gasteiger partial charge in [-0.1, -0.05) is 24.3 Å². The van der Waals surface area contributed by atoms with Gasteiger partial charge in [0.15, 0.2) is 0 Å². The molecule has 2 N–H and O–H groups in total. The van der Waals surface area contributed by atoms with Crippen molar-refractivity contribution in [2.75, 3.05) is 13.1 Å². The number of likely N-dealkylation sites (tertiary alicyclic amines) is 1. The third kappa shape index (κ3) is 2.73. The second-order valence-corrected chi connectivity index (χ2v) is 6.68. The number of rotatable bonds is 3. The Morgan fingerprint density at radius 3 is 2.65 bits per heavy atom. The zero-order chi connectivity index (χ0) is 14.9. The Morgan fingerprint density at radius 2 is 2.05 bits per heavy atom. The second kappa shape index (κ2) is 5.57. The number of aryl methyl sites for hydroxylation is 1. The van der Waals surface area contributed by atoms with Gasteiger partial charge in [-0.3, -0.25) is 4.79 Å². The second-order valence-electron chi connectivity index (χ2n) is 6.68. The van der Waals surface area contributed by atoms with E-state index in [1.165, 1.54) is 11.1 Å². The molecular weight excluding hydrogens is 248 g/mol. The first-order valence-electron chi connectivity index (χ1n) is 7.43. The van der Waals surface area contributed by atoms with Crippen LogP contribution in [0.15, 0.2) is 24.3 Å². The van der Waals surface area contributed by atoms with E-state index >= 15 is 0 Å². The van der Waals surface area contributed by atoms with Crippen molar-refractivity contribution in [1.29, 1.82) is 0 Å². The highest BCUT2D eigenvalue weighted by molar-refractivity contribution is 5.83. The summed E-state index contributed by atoms with van der Waals surface area (Å²) < 4.78 is 0. The minimum atomic E-state index is -0.463. The molecule has 1 saturated heterocycles. The number of hydrogen-bond acceptors (Lipinski definition) is 2. The van der Waals surface area contributed by atoms with Gasteiger partial charge in [-0.15, -0.1) is 0 Å². The van der Waals surface area contributed by atoms with Crippen molar-refractivity contribution in [3.63, 3.8) is 0 Å². The SMILES string of the molecule is Cc1ccccc1C1CC(C)N(C(=O)C(C)(C)CN)C1. The fraction of sp³-hybridized carbons (Fsp3) is 0.588. The highest BCUT2D eigenvalue weighted by Crippen LogP contribution is 2.35. The molecule has 0 aromatic heterocycles. The van der Waals surface area contributed by atoms with E-state index in [0.717, 1.165) is 13.0 Å². The van der Waals surface area contributed by atoms with E-state index < -0.39 is 5.41 Å². The van der Waals surface area contributed by atoms with Crippen LogP contribution in [0, 0.1) is 12.3 Å². The molecule has 2 rings (SSSR count). The molecule has 1 aliphatic heterocycles. The topological polar surface area (TPSA) is 46.3 Å². The van der Waals surface area contributed by atoms with Gasteiger partial charge in [0.1, 0.15) is 0 Å². The monoisotopic (exact) mass is 274 g/mol. The van der Waals surface area contributed by atoms with Crippen molar-refractivity contribution in [2.24, 2.45) is 11.1 Å². The summed E-state index contributed by atoms with van der Waals surface area (Å²) in [5, 5.41) is 0. The van der Waals surface area contributed by atoms with Gasteiger partial charge in [0.25, 0.3) is 0 Å². The van der Waals surface area contributed by atoms with Crippen LogP contribution < -0.4 is 5.73 Å². The molecule has 0 spiro atoms. The summed E-state index contributed by atoms with van der Waals surface area (Å²) in [5.41, 5.74) is 7.97. The third-order valence-electron chi connectivity index (χ3n) is 4.55. The van der Waals surface area contributed by atoms with Crippen LogP contribution >= 0.6 is 0 Å². The molecule has 1 aliphatic rings. The van der Waals surface area contributed by atoms with Gasteiger partial charge in [-0.25, -0.2) is 0 Å². The number of hydrogen-bond donors (Lipinski definition) is 1. The van der Waals surface area contributed by atoms with Crippen molar-refractivity contribution < 1.29 is 4.79 Å². The van der Waals surface area contributed by atoms with E-state index in [2.05, 4.69) is 38.1 Å². The van der Waals surface area contributed by atoms with Gasteiger partial charge in [0.05, 0.1) is 5.41 Å². The molecule has 1 aromatic rings. The summed E-state index contributed by atoms with van der Waals surface area (Å²) in [7, 11) is 0. The quantitative estimate of drug-likeness (QED) is 0.921. The number of nitrogens with two attached hydrogens (primary N) is 1. The molecule has 20 heavy (non-hydrogen) atoms. The maximum Gasteiger partial charge on any atom is 0.229 e. The number of carbonyl (C=O) groups excluding carboxylic acids is 1. The lowest BCUT2D eigenvalue weighted by Gasteiger charge is -2.31. The molecule has 2 atom stereocenters. The Bertz CT molecular complexity index is 496. The first kappa shape index (κ1) is 15.0. The third-order valence-corrected chi connectivity index (χ3v) is 4.55. The van der Waals surface area contributed by atoms with Gasteiger partial charge < -0.3 is 10.6 Å². The molecule has 0 bridgehead atoms. The summed E-state index contributed by atoms with van der Waals surface area (Å²) >= 11 is 0. The van der Waals surface area contributed by atoms with E-state index in [1.54, 1.807) is 0 Å². The zero-order valence-electron chi connectivity index (χ0n) is 13.0. The summed E-state index contributed by atoms with van der Waals surface area (Å²) in [4.78, 5) is 14.6. The lowest BCUT2D eigenvalue weighted by Crippen LogP contribution is -2.46. The molecule has 3 heteroatoms. The normalized spacial score (nSPS) is 23.1. The van der Waals surface area contributed by atoms with Crippen molar-refractivity contribution in [3.8, 4) is 0 Å². The lowest BCUT2D eigenvalue weighted by molar-refractivity contribution is -0.140. The van der Waals surface area contributed by atoms with Gasteiger partial charge in [0, 0.05) is 25.0 Å². The summed E-state index contributed by atoms with van der Waals surface area (Å²) in [6.07, 6.45) is 1.04. The van der Waals surface area contributed by atoms with E-state index in [0.29, 0.717) is 12.5 Å². The van der Waals surface area contributed by atoms with Crippen LogP contribution in [0.25, 0.3) is 0 Å². The molecule has 0 radical (unpaired) electrons.